The largest absolute Gasteiger partial charge is 0.396 e. The summed E-state index contributed by atoms with van der Waals surface area (Å²) in [5.41, 5.74) is -0.687. The molecule has 0 aromatic heterocycles. The fourth-order valence-corrected chi connectivity index (χ4v) is 3.10. The average molecular weight is 355 g/mol. The molecule has 0 amide bonds. The fraction of sp³-hybridized carbons (Fsp3) is 0.600. The molecular formula is C15H22Cl2F2N2O. The van der Waals surface area contributed by atoms with Crippen LogP contribution >= 0.6 is 24.0 Å². The van der Waals surface area contributed by atoms with E-state index in [0.717, 1.165) is 25.2 Å². The van der Waals surface area contributed by atoms with Gasteiger partial charge in [0.05, 0.1) is 0 Å². The highest BCUT2D eigenvalue weighted by atomic mass is 35.5. The third-order valence-corrected chi connectivity index (χ3v) is 4.20. The van der Waals surface area contributed by atoms with E-state index in [2.05, 4.69) is 5.32 Å². The van der Waals surface area contributed by atoms with Crippen LogP contribution in [0.5, 0.6) is 0 Å². The van der Waals surface area contributed by atoms with E-state index in [-0.39, 0.29) is 29.6 Å². The molecule has 3 nitrogen and oxygen atoms in total. The molecule has 1 aliphatic heterocycles. The summed E-state index contributed by atoms with van der Waals surface area (Å²) >= 11 is 5.71. The second-order valence-corrected chi connectivity index (χ2v) is 6.55. The minimum absolute atomic E-state index is 0. The van der Waals surface area contributed by atoms with Crippen LogP contribution in [0.3, 0.4) is 0 Å². The number of halogens is 4. The highest BCUT2D eigenvalue weighted by molar-refractivity contribution is 6.30. The van der Waals surface area contributed by atoms with Gasteiger partial charge >= 0.3 is 0 Å². The van der Waals surface area contributed by atoms with Gasteiger partial charge in [0.1, 0.15) is 11.6 Å². The first-order valence-electron chi connectivity index (χ1n) is 7.07. The Kier molecular flexibility index (Phi) is 7.02. The van der Waals surface area contributed by atoms with Crippen molar-refractivity contribution in [3.63, 3.8) is 0 Å². The van der Waals surface area contributed by atoms with Gasteiger partial charge in [-0.3, -0.25) is 4.90 Å². The molecule has 1 aliphatic rings. The summed E-state index contributed by atoms with van der Waals surface area (Å²) in [6, 6.07) is 1.72. The maximum atomic E-state index is 14.3. The van der Waals surface area contributed by atoms with Gasteiger partial charge in [-0.1, -0.05) is 25.4 Å². The molecule has 0 spiro atoms. The summed E-state index contributed by atoms with van der Waals surface area (Å²) in [6.45, 7) is 6.33. The summed E-state index contributed by atoms with van der Waals surface area (Å²) in [5.74, 6) is -1.32. The highest BCUT2D eigenvalue weighted by Crippen LogP contribution is 2.41. The number of piperazine rings is 1. The van der Waals surface area contributed by atoms with Gasteiger partial charge in [-0.2, -0.15) is 0 Å². The number of aliphatic hydroxyl groups is 1. The summed E-state index contributed by atoms with van der Waals surface area (Å²) in [7, 11) is 0. The predicted molar refractivity (Wildman–Crippen MR) is 86.7 cm³/mol. The first-order chi connectivity index (χ1) is 9.86. The molecule has 0 aliphatic carbocycles. The molecule has 1 aromatic rings. The smallest absolute Gasteiger partial charge is 0.132 e. The molecule has 2 rings (SSSR count). The van der Waals surface area contributed by atoms with Gasteiger partial charge < -0.3 is 10.4 Å². The average Bonchev–Trinajstić information content (AvgIpc) is 2.43. The molecule has 0 saturated carbocycles. The lowest BCUT2D eigenvalue weighted by atomic mass is 9.79. The summed E-state index contributed by atoms with van der Waals surface area (Å²) in [6.07, 6.45) is 0. The van der Waals surface area contributed by atoms with Gasteiger partial charge in [-0.15, -0.1) is 12.4 Å². The molecule has 2 N–H and O–H groups in total. The highest BCUT2D eigenvalue weighted by Gasteiger charge is 2.39. The number of aliphatic hydroxyl groups excluding tert-OH is 1. The van der Waals surface area contributed by atoms with Crippen molar-refractivity contribution < 1.29 is 13.9 Å². The van der Waals surface area contributed by atoms with Crippen LogP contribution in [-0.4, -0.2) is 42.8 Å². The van der Waals surface area contributed by atoms with E-state index in [0.29, 0.717) is 13.1 Å². The van der Waals surface area contributed by atoms with Crippen molar-refractivity contribution in [3.8, 4) is 0 Å². The minimum Gasteiger partial charge on any atom is -0.396 e. The molecule has 7 heteroatoms. The minimum atomic E-state index is -0.674. The van der Waals surface area contributed by atoms with E-state index in [9.17, 15) is 13.9 Å². The number of rotatable bonds is 4. The van der Waals surface area contributed by atoms with Crippen molar-refractivity contribution >= 4 is 24.0 Å². The van der Waals surface area contributed by atoms with Crippen LogP contribution in [0.25, 0.3) is 0 Å². The maximum absolute atomic E-state index is 14.3. The number of hydrogen-bond acceptors (Lipinski definition) is 3. The van der Waals surface area contributed by atoms with Crippen molar-refractivity contribution in [2.75, 3.05) is 32.8 Å². The molecule has 0 radical (unpaired) electrons. The van der Waals surface area contributed by atoms with Crippen molar-refractivity contribution in [2.45, 2.75) is 19.9 Å². The number of nitrogens with zero attached hydrogens (tertiary/aromatic N) is 1. The standard InChI is InChI=1S/C15H21ClF2N2O.ClH/c1-15(2,9-21)14(20-5-3-19-4-6-20)13-11(17)7-10(16)8-12(13)18;/h7-8,14,19,21H,3-6,9H2,1-2H3;1H/t14-;/m0./s1. The first-order valence-corrected chi connectivity index (χ1v) is 7.44. The lowest BCUT2D eigenvalue weighted by molar-refractivity contribution is 0.0266. The lowest BCUT2D eigenvalue weighted by Crippen LogP contribution is -2.50. The number of nitrogens with one attached hydrogen (secondary N) is 1. The quantitative estimate of drug-likeness (QED) is 0.872. The molecule has 1 saturated heterocycles. The Morgan fingerprint density at radius 3 is 2.23 bits per heavy atom. The summed E-state index contributed by atoms with van der Waals surface area (Å²) in [5, 5.41) is 12.9. The van der Waals surface area contributed by atoms with Gasteiger partial charge in [0.25, 0.3) is 0 Å². The van der Waals surface area contributed by atoms with Crippen LogP contribution in [0.2, 0.25) is 5.02 Å². The summed E-state index contributed by atoms with van der Waals surface area (Å²) in [4.78, 5) is 2.02. The topological polar surface area (TPSA) is 35.5 Å². The summed E-state index contributed by atoms with van der Waals surface area (Å²) < 4.78 is 28.7. The van der Waals surface area contributed by atoms with Crippen LogP contribution in [0.4, 0.5) is 8.78 Å². The zero-order valence-corrected chi connectivity index (χ0v) is 14.3. The molecule has 0 unspecified atom stereocenters. The predicted octanol–water partition coefficient (Wildman–Crippen LogP) is 3.00. The molecule has 0 bridgehead atoms. The van der Waals surface area contributed by atoms with E-state index < -0.39 is 23.1 Å². The van der Waals surface area contributed by atoms with Crippen LogP contribution in [0, 0.1) is 17.0 Å². The molecule has 1 fully saturated rings. The molecule has 1 heterocycles. The molecule has 22 heavy (non-hydrogen) atoms. The van der Waals surface area contributed by atoms with E-state index >= 15 is 0 Å². The Bertz CT molecular complexity index is 485. The fourth-order valence-electron chi connectivity index (χ4n) is 2.91. The Balaban J connectivity index is 0.00000242. The van der Waals surface area contributed by atoms with Crippen LogP contribution < -0.4 is 5.32 Å². The van der Waals surface area contributed by atoms with Crippen LogP contribution in [-0.2, 0) is 0 Å². The number of benzene rings is 1. The zero-order valence-electron chi connectivity index (χ0n) is 12.7. The molecule has 126 valence electrons. The lowest BCUT2D eigenvalue weighted by Gasteiger charge is -2.43. The van der Waals surface area contributed by atoms with E-state index in [1.165, 1.54) is 0 Å². The SMILES string of the molecule is CC(C)(CO)[C@H](c1c(F)cc(Cl)cc1F)N1CCNCC1.Cl. The van der Waals surface area contributed by atoms with Gasteiger partial charge in [0.2, 0.25) is 0 Å². The van der Waals surface area contributed by atoms with E-state index in [1.807, 2.05) is 18.7 Å². The van der Waals surface area contributed by atoms with Crippen molar-refractivity contribution in [2.24, 2.45) is 5.41 Å². The number of hydrogen-bond donors (Lipinski definition) is 2. The van der Waals surface area contributed by atoms with Crippen molar-refractivity contribution in [1.82, 2.24) is 10.2 Å². The van der Waals surface area contributed by atoms with Gasteiger partial charge in [-0.05, 0) is 12.1 Å². The monoisotopic (exact) mass is 354 g/mol. The molecule has 1 atom stereocenters. The van der Waals surface area contributed by atoms with Crippen LogP contribution in [0.15, 0.2) is 12.1 Å². The second-order valence-electron chi connectivity index (χ2n) is 6.12. The Morgan fingerprint density at radius 1 is 1.27 bits per heavy atom. The molecular weight excluding hydrogens is 333 g/mol. The Labute approximate surface area is 141 Å². The van der Waals surface area contributed by atoms with E-state index in [1.54, 1.807) is 0 Å². The Hall–Kier alpha value is -0.460. The third-order valence-electron chi connectivity index (χ3n) is 3.98. The normalized spacial score (nSPS) is 17.9. The molecule has 1 aromatic carbocycles. The van der Waals surface area contributed by atoms with E-state index in [4.69, 9.17) is 11.6 Å². The Morgan fingerprint density at radius 2 is 1.77 bits per heavy atom. The first kappa shape index (κ1) is 19.6. The second kappa shape index (κ2) is 7.88. The van der Waals surface area contributed by atoms with Gasteiger partial charge in [-0.25, -0.2) is 8.78 Å². The zero-order chi connectivity index (χ0) is 15.6. The van der Waals surface area contributed by atoms with Crippen molar-refractivity contribution in [1.29, 1.82) is 0 Å². The third kappa shape index (κ3) is 4.09. The van der Waals surface area contributed by atoms with Crippen molar-refractivity contribution in [3.05, 3.63) is 34.4 Å². The van der Waals surface area contributed by atoms with Crippen LogP contribution in [0.1, 0.15) is 25.5 Å². The van der Waals surface area contributed by atoms with Gasteiger partial charge in [0, 0.05) is 54.8 Å². The maximum Gasteiger partial charge on any atom is 0.132 e. The van der Waals surface area contributed by atoms with Gasteiger partial charge in [0.15, 0.2) is 0 Å².